The molecule has 2 N–H and O–H groups in total. The summed E-state index contributed by atoms with van der Waals surface area (Å²) in [5.74, 6) is 0.327. The third kappa shape index (κ3) is 2.14. The molecule has 2 aromatic carbocycles. The number of fused-ring (bicyclic) bond motifs is 1. The number of Topliss-reactive ketones (excluding diaryl/α,β-unsaturated/α-hetero) is 1. The van der Waals surface area contributed by atoms with Crippen molar-refractivity contribution in [3.63, 3.8) is 0 Å². The van der Waals surface area contributed by atoms with Crippen LogP contribution in [0.2, 0.25) is 0 Å². The van der Waals surface area contributed by atoms with Crippen molar-refractivity contribution in [1.29, 1.82) is 0 Å². The Morgan fingerprint density at radius 3 is 2.32 bits per heavy atom. The van der Waals surface area contributed by atoms with Crippen molar-refractivity contribution < 1.29 is 4.79 Å². The van der Waals surface area contributed by atoms with E-state index in [1.54, 1.807) is 0 Å². The number of nitrogens with two attached hydrogens (primary N) is 1. The van der Waals surface area contributed by atoms with E-state index in [0.29, 0.717) is 5.69 Å². The second-order valence-corrected chi connectivity index (χ2v) is 5.31. The van der Waals surface area contributed by atoms with Crippen LogP contribution in [0.4, 0.5) is 5.69 Å². The minimum Gasteiger partial charge on any atom is -0.399 e. The molecule has 0 fully saturated rings. The highest BCUT2D eigenvalue weighted by molar-refractivity contribution is 6.00. The smallest absolute Gasteiger partial charge is 0.166 e. The van der Waals surface area contributed by atoms with Crippen LogP contribution in [0, 0.1) is 12.8 Å². The van der Waals surface area contributed by atoms with E-state index in [0.717, 1.165) is 24.0 Å². The maximum Gasteiger partial charge on any atom is 0.166 e. The Balaban J connectivity index is 1.87. The molecule has 0 unspecified atom stereocenters. The molecule has 2 heteroatoms. The summed E-state index contributed by atoms with van der Waals surface area (Å²) in [7, 11) is 0. The molecular formula is C17H17NO. The lowest BCUT2D eigenvalue weighted by Gasteiger charge is -2.11. The molecule has 0 heterocycles. The van der Waals surface area contributed by atoms with E-state index < -0.39 is 0 Å². The maximum absolute atomic E-state index is 12.6. The zero-order valence-corrected chi connectivity index (χ0v) is 11.0. The lowest BCUT2D eigenvalue weighted by molar-refractivity contribution is 0.0924. The third-order valence-electron chi connectivity index (χ3n) is 3.94. The van der Waals surface area contributed by atoms with Crippen LogP contribution in [0.15, 0.2) is 42.5 Å². The van der Waals surface area contributed by atoms with E-state index in [1.807, 2.05) is 37.3 Å². The zero-order chi connectivity index (χ0) is 13.4. The normalized spacial score (nSPS) is 14.4. The van der Waals surface area contributed by atoms with Crippen LogP contribution < -0.4 is 5.73 Å². The number of anilines is 1. The molecule has 19 heavy (non-hydrogen) atoms. The molecule has 2 aromatic rings. The quantitative estimate of drug-likeness (QED) is 0.658. The zero-order valence-electron chi connectivity index (χ0n) is 11.0. The molecular weight excluding hydrogens is 234 g/mol. The van der Waals surface area contributed by atoms with Crippen molar-refractivity contribution in [2.45, 2.75) is 19.8 Å². The van der Waals surface area contributed by atoms with Gasteiger partial charge in [-0.2, -0.15) is 0 Å². The lowest BCUT2D eigenvalue weighted by atomic mass is 9.92. The Labute approximate surface area is 113 Å². The van der Waals surface area contributed by atoms with E-state index in [1.165, 1.54) is 11.1 Å². The number of ketones is 1. The summed E-state index contributed by atoms with van der Waals surface area (Å²) in [5, 5.41) is 0. The summed E-state index contributed by atoms with van der Waals surface area (Å²) in [6.07, 6.45) is 1.72. The molecule has 0 bridgehead atoms. The standard InChI is InChI=1S/C17H17NO/c1-11-8-15(18)6-7-16(11)17(19)14-9-12-4-2-3-5-13(12)10-14/h2-8,14H,9-10,18H2,1H3. The first-order valence-electron chi connectivity index (χ1n) is 6.62. The minimum atomic E-state index is 0.0831. The van der Waals surface area contributed by atoms with E-state index in [9.17, 15) is 4.79 Å². The topological polar surface area (TPSA) is 43.1 Å². The van der Waals surface area contributed by atoms with Crippen molar-refractivity contribution in [2.75, 3.05) is 5.73 Å². The van der Waals surface area contributed by atoms with Gasteiger partial charge in [0.1, 0.15) is 0 Å². The van der Waals surface area contributed by atoms with Gasteiger partial charge in [-0.1, -0.05) is 24.3 Å². The molecule has 96 valence electrons. The number of rotatable bonds is 2. The minimum absolute atomic E-state index is 0.0831. The Bertz CT molecular complexity index is 620. The fraction of sp³-hybridized carbons (Fsp3) is 0.235. The Kier molecular flexibility index (Phi) is 2.86. The SMILES string of the molecule is Cc1cc(N)ccc1C(=O)C1Cc2ccccc2C1. The summed E-state index contributed by atoms with van der Waals surface area (Å²) >= 11 is 0. The van der Waals surface area contributed by atoms with Crippen LogP contribution in [0.3, 0.4) is 0 Å². The van der Waals surface area contributed by atoms with Crippen molar-refractivity contribution in [3.05, 3.63) is 64.7 Å². The van der Waals surface area contributed by atoms with Gasteiger partial charge in [0.15, 0.2) is 5.78 Å². The second-order valence-electron chi connectivity index (χ2n) is 5.31. The molecule has 0 atom stereocenters. The molecule has 0 aliphatic heterocycles. The van der Waals surface area contributed by atoms with Gasteiger partial charge in [-0.3, -0.25) is 4.79 Å². The predicted molar refractivity (Wildman–Crippen MR) is 77.3 cm³/mol. The highest BCUT2D eigenvalue weighted by Gasteiger charge is 2.28. The van der Waals surface area contributed by atoms with Crippen molar-refractivity contribution >= 4 is 11.5 Å². The maximum atomic E-state index is 12.6. The summed E-state index contributed by atoms with van der Waals surface area (Å²) < 4.78 is 0. The fourth-order valence-electron chi connectivity index (χ4n) is 2.93. The largest absolute Gasteiger partial charge is 0.399 e. The number of hydrogen-bond donors (Lipinski definition) is 1. The van der Waals surface area contributed by atoms with Crippen LogP contribution in [0.5, 0.6) is 0 Å². The van der Waals surface area contributed by atoms with Crippen LogP contribution in [0.1, 0.15) is 27.0 Å². The number of nitrogen functional groups attached to an aromatic ring is 1. The molecule has 3 rings (SSSR count). The van der Waals surface area contributed by atoms with Crippen LogP contribution in [-0.2, 0) is 12.8 Å². The van der Waals surface area contributed by atoms with Gasteiger partial charge in [0, 0.05) is 17.2 Å². The molecule has 0 spiro atoms. The molecule has 1 aliphatic carbocycles. The van der Waals surface area contributed by atoms with E-state index >= 15 is 0 Å². The second kappa shape index (κ2) is 4.54. The van der Waals surface area contributed by atoms with Crippen LogP contribution in [0.25, 0.3) is 0 Å². The van der Waals surface area contributed by atoms with Gasteiger partial charge < -0.3 is 5.73 Å². The Morgan fingerprint density at radius 2 is 1.74 bits per heavy atom. The first-order chi connectivity index (χ1) is 9.15. The molecule has 0 aromatic heterocycles. The number of benzene rings is 2. The van der Waals surface area contributed by atoms with Gasteiger partial charge in [-0.25, -0.2) is 0 Å². The van der Waals surface area contributed by atoms with E-state index in [-0.39, 0.29) is 11.7 Å². The third-order valence-corrected chi connectivity index (χ3v) is 3.94. The Morgan fingerprint density at radius 1 is 1.11 bits per heavy atom. The van der Waals surface area contributed by atoms with E-state index in [4.69, 9.17) is 5.73 Å². The summed E-state index contributed by atoms with van der Waals surface area (Å²) in [6, 6.07) is 13.9. The van der Waals surface area contributed by atoms with Crippen molar-refractivity contribution in [3.8, 4) is 0 Å². The molecule has 1 aliphatic rings. The Hall–Kier alpha value is -2.09. The van der Waals surface area contributed by atoms with Gasteiger partial charge in [-0.15, -0.1) is 0 Å². The monoisotopic (exact) mass is 251 g/mol. The average Bonchev–Trinajstić information content (AvgIpc) is 2.81. The molecule has 0 radical (unpaired) electrons. The van der Waals surface area contributed by atoms with Gasteiger partial charge in [0.25, 0.3) is 0 Å². The molecule has 0 amide bonds. The summed E-state index contributed by atoms with van der Waals surface area (Å²) in [5.41, 5.74) is 10.9. The van der Waals surface area contributed by atoms with Gasteiger partial charge in [-0.05, 0) is 54.7 Å². The number of aryl methyl sites for hydroxylation is 1. The molecule has 2 nitrogen and oxygen atoms in total. The molecule has 0 saturated heterocycles. The van der Waals surface area contributed by atoms with Gasteiger partial charge in [0.2, 0.25) is 0 Å². The van der Waals surface area contributed by atoms with E-state index in [2.05, 4.69) is 12.1 Å². The first kappa shape index (κ1) is 12.0. The van der Waals surface area contributed by atoms with Crippen molar-refractivity contribution in [2.24, 2.45) is 5.92 Å². The highest BCUT2D eigenvalue weighted by atomic mass is 16.1. The van der Waals surface area contributed by atoms with Gasteiger partial charge in [0.05, 0.1) is 0 Å². The predicted octanol–water partition coefficient (Wildman–Crippen LogP) is 3.17. The van der Waals surface area contributed by atoms with Crippen LogP contribution >= 0.6 is 0 Å². The first-order valence-corrected chi connectivity index (χ1v) is 6.62. The van der Waals surface area contributed by atoms with Gasteiger partial charge >= 0.3 is 0 Å². The van der Waals surface area contributed by atoms with Crippen molar-refractivity contribution in [1.82, 2.24) is 0 Å². The number of carbonyl (C=O) groups excluding carboxylic acids is 1. The van der Waals surface area contributed by atoms with Crippen LogP contribution in [-0.4, -0.2) is 5.78 Å². The highest BCUT2D eigenvalue weighted by Crippen LogP contribution is 2.29. The number of hydrogen-bond acceptors (Lipinski definition) is 2. The fourth-order valence-corrected chi connectivity index (χ4v) is 2.93. The summed E-state index contributed by atoms with van der Waals surface area (Å²) in [6.45, 7) is 1.95. The number of carbonyl (C=O) groups is 1. The molecule has 0 saturated carbocycles. The average molecular weight is 251 g/mol. The summed E-state index contributed by atoms with van der Waals surface area (Å²) in [4.78, 5) is 12.6. The lowest BCUT2D eigenvalue weighted by Crippen LogP contribution is -2.16.